The normalized spacial score (nSPS) is 22.2. The molecule has 1 aromatic heterocycles. The molecule has 0 spiro atoms. The zero-order chi connectivity index (χ0) is 15.2. The van der Waals surface area contributed by atoms with E-state index in [1.165, 1.54) is 43.2 Å². The van der Waals surface area contributed by atoms with Crippen LogP contribution in [0, 0.1) is 5.92 Å². The highest BCUT2D eigenvalue weighted by atomic mass is 79.9. The fourth-order valence-electron chi connectivity index (χ4n) is 3.16. The molecule has 1 aromatic rings. The highest BCUT2D eigenvalue weighted by Crippen LogP contribution is 2.30. The summed E-state index contributed by atoms with van der Waals surface area (Å²) >= 11 is 3.43. The summed E-state index contributed by atoms with van der Waals surface area (Å²) in [4.78, 5) is 12.2. The lowest BCUT2D eigenvalue weighted by atomic mass is 9.83. The van der Waals surface area contributed by atoms with E-state index in [4.69, 9.17) is 0 Å². The Labute approximate surface area is 135 Å². The molecule has 1 aliphatic rings. The number of halogens is 1. The van der Waals surface area contributed by atoms with E-state index in [2.05, 4.69) is 33.3 Å². The lowest BCUT2D eigenvalue weighted by Gasteiger charge is -2.29. The quantitative estimate of drug-likeness (QED) is 0.832. The van der Waals surface area contributed by atoms with E-state index < -0.39 is 0 Å². The van der Waals surface area contributed by atoms with Gasteiger partial charge < -0.3 is 5.32 Å². The van der Waals surface area contributed by atoms with E-state index in [9.17, 15) is 4.79 Å². The molecule has 4 nitrogen and oxygen atoms in total. The van der Waals surface area contributed by atoms with Crippen molar-refractivity contribution in [2.75, 3.05) is 5.32 Å². The van der Waals surface area contributed by atoms with Crippen molar-refractivity contribution in [3.8, 4) is 0 Å². The standard InChI is InChI=1S/C16H26BrN3O/c1-3-5-12-6-8-13(9-7-12)19-14-11-18-20(10-4-2)16(21)15(14)17/h11-13,19H,3-10H2,1-2H3. The maximum absolute atomic E-state index is 12.2. The van der Waals surface area contributed by atoms with Gasteiger partial charge in [-0.15, -0.1) is 0 Å². The predicted molar refractivity (Wildman–Crippen MR) is 90.8 cm³/mol. The van der Waals surface area contributed by atoms with Crippen LogP contribution in [0.4, 0.5) is 5.69 Å². The van der Waals surface area contributed by atoms with Gasteiger partial charge in [0, 0.05) is 12.6 Å². The Kier molecular flexibility index (Phi) is 6.27. The molecular formula is C16H26BrN3O. The topological polar surface area (TPSA) is 46.9 Å². The van der Waals surface area contributed by atoms with Gasteiger partial charge in [-0.1, -0.05) is 26.7 Å². The Bertz CT molecular complexity index is 507. The van der Waals surface area contributed by atoms with Crippen LogP contribution in [0.5, 0.6) is 0 Å². The maximum Gasteiger partial charge on any atom is 0.283 e. The van der Waals surface area contributed by atoms with Crippen LogP contribution < -0.4 is 10.9 Å². The Morgan fingerprint density at radius 2 is 2.00 bits per heavy atom. The summed E-state index contributed by atoms with van der Waals surface area (Å²) in [5.41, 5.74) is 0.799. The second-order valence-corrected chi connectivity index (χ2v) is 6.84. The highest BCUT2D eigenvalue weighted by molar-refractivity contribution is 9.10. The molecule has 2 rings (SSSR count). The zero-order valence-corrected chi connectivity index (χ0v) is 14.7. The molecule has 0 atom stereocenters. The average molecular weight is 356 g/mol. The minimum Gasteiger partial charge on any atom is -0.380 e. The molecule has 0 amide bonds. The molecule has 1 N–H and O–H groups in total. The highest BCUT2D eigenvalue weighted by Gasteiger charge is 2.21. The lowest BCUT2D eigenvalue weighted by molar-refractivity contribution is 0.319. The van der Waals surface area contributed by atoms with E-state index in [1.54, 1.807) is 6.20 Å². The Morgan fingerprint density at radius 1 is 1.29 bits per heavy atom. The van der Waals surface area contributed by atoms with E-state index in [0.717, 1.165) is 18.0 Å². The first-order valence-electron chi connectivity index (χ1n) is 8.17. The van der Waals surface area contributed by atoms with Crippen molar-refractivity contribution in [2.45, 2.75) is 71.4 Å². The number of anilines is 1. The predicted octanol–water partition coefficient (Wildman–Crippen LogP) is 4.19. The van der Waals surface area contributed by atoms with Crippen LogP contribution in [0.1, 0.15) is 58.8 Å². The second kappa shape index (κ2) is 7.97. The van der Waals surface area contributed by atoms with Crippen LogP contribution in [0.2, 0.25) is 0 Å². The van der Waals surface area contributed by atoms with Crippen molar-refractivity contribution in [3.63, 3.8) is 0 Å². The van der Waals surface area contributed by atoms with Gasteiger partial charge in [-0.2, -0.15) is 5.10 Å². The van der Waals surface area contributed by atoms with E-state index in [-0.39, 0.29) is 5.56 Å². The molecule has 1 fully saturated rings. The van der Waals surface area contributed by atoms with Crippen LogP contribution in [-0.4, -0.2) is 15.8 Å². The van der Waals surface area contributed by atoms with Gasteiger partial charge in [-0.3, -0.25) is 4.79 Å². The second-order valence-electron chi connectivity index (χ2n) is 6.05. The SMILES string of the molecule is CCCC1CCC(Nc2cnn(CCC)c(=O)c2Br)CC1. The molecule has 0 aliphatic heterocycles. The third-order valence-electron chi connectivity index (χ3n) is 4.32. The number of nitrogens with one attached hydrogen (secondary N) is 1. The van der Waals surface area contributed by atoms with Crippen molar-refractivity contribution in [1.82, 2.24) is 9.78 Å². The number of aromatic nitrogens is 2. The van der Waals surface area contributed by atoms with Crippen LogP contribution in [0.3, 0.4) is 0 Å². The number of aryl methyl sites for hydroxylation is 1. The summed E-state index contributed by atoms with van der Waals surface area (Å²) in [5, 5.41) is 7.75. The third-order valence-corrected chi connectivity index (χ3v) is 5.09. The van der Waals surface area contributed by atoms with E-state index in [1.807, 2.05) is 6.92 Å². The Hall–Kier alpha value is -0.840. The molecule has 1 saturated carbocycles. The molecule has 0 saturated heterocycles. The van der Waals surface area contributed by atoms with Gasteiger partial charge in [0.1, 0.15) is 4.47 Å². The number of hydrogen-bond acceptors (Lipinski definition) is 3. The number of nitrogens with zero attached hydrogens (tertiary/aromatic N) is 2. The fourth-order valence-corrected chi connectivity index (χ4v) is 3.58. The zero-order valence-electron chi connectivity index (χ0n) is 13.1. The first-order chi connectivity index (χ1) is 10.2. The first kappa shape index (κ1) is 16.5. The third kappa shape index (κ3) is 4.31. The summed E-state index contributed by atoms with van der Waals surface area (Å²) in [6, 6.07) is 0.470. The van der Waals surface area contributed by atoms with Crippen molar-refractivity contribution in [2.24, 2.45) is 5.92 Å². The van der Waals surface area contributed by atoms with Crippen LogP contribution in [0.25, 0.3) is 0 Å². The Morgan fingerprint density at radius 3 is 2.62 bits per heavy atom. The molecule has 0 aromatic carbocycles. The number of hydrogen-bond donors (Lipinski definition) is 1. The fraction of sp³-hybridized carbons (Fsp3) is 0.750. The largest absolute Gasteiger partial charge is 0.380 e. The van der Waals surface area contributed by atoms with E-state index >= 15 is 0 Å². The average Bonchev–Trinajstić information content (AvgIpc) is 2.49. The molecular weight excluding hydrogens is 330 g/mol. The van der Waals surface area contributed by atoms with E-state index in [0.29, 0.717) is 17.1 Å². The van der Waals surface area contributed by atoms with Crippen LogP contribution >= 0.6 is 15.9 Å². The molecule has 5 heteroatoms. The van der Waals surface area contributed by atoms with Gasteiger partial charge in [0.15, 0.2) is 0 Å². The van der Waals surface area contributed by atoms with Gasteiger partial charge in [-0.25, -0.2) is 4.68 Å². The molecule has 1 heterocycles. The van der Waals surface area contributed by atoms with Gasteiger partial charge in [0.2, 0.25) is 0 Å². The summed E-state index contributed by atoms with van der Waals surface area (Å²) in [6.07, 6.45) is 10.3. The van der Waals surface area contributed by atoms with Gasteiger partial charge in [0.05, 0.1) is 11.9 Å². The van der Waals surface area contributed by atoms with Crippen LogP contribution in [0.15, 0.2) is 15.5 Å². The smallest absolute Gasteiger partial charge is 0.283 e. The van der Waals surface area contributed by atoms with Crippen molar-refractivity contribution in [3.05, 3.63) is 21.0 Å². The molecule has 0 radical (unpaired) electrons. The maximum atomic E-state index is 12.2. The molecule has 0 bridgehead atoms. The van der Waals surface area contributed by atoms with Crippen molar-refractivity contribution >= 4 is 21.6 Å². The van der Waals surface area contributed by atoms with Gasteiger partial charge >= 0.3 is 0 Å². The molecule has 0 unspecified atom stereocenters. The minimum atomic E-state index is -0.0403. The summed E-state index contributed by atoms with van der Waals surface area (Å²) in [6.45, 7) is 4.97. The minimum absolute atomic E-state index is 0.0403. The lowest BCUT2D eigenvalue weighted by Crippen LogP contribution is -2.29. The Balaban J connectivity index is 1.98. The monoisotopic (exact) mass is 355 g/mol. The molecule has 118 valence electrons. The molecule has 1 aliphatic carbocycles. The van der Waals surface area contributed by atoms with Crippen molar-refractivity contribution in [1.29, 1.82) is 0 Å². The van der Waals surface area contributed by atoms with Gasteiger partial charge in [0.25, 0.3) is 5.56 Å². The van der Waals surface area contributed by atoms with Crippen LogP contribution in [-0.2, 0) is 6.54 Å². The first-order valence-corrected chi connectivity index (χ1v) is 8.97. The summed E-state index contributed by atoms with van der Waals surface area (Å²) < 4.78 is 2.13. The summed E-state index contributed by atoms with van der Waals surface area (Å²) in [5.74, 6) is 0.896. The molecule has 21 heavy (non-hydrogen) atoms. The van der Waals surface area contributed by atoms with Gasteiger partial charge in [-0.05, 0) is 54.0 Å². The summed E-state index contributed by atoms with van der Waals surface area (Å²) in [7, 11) is 0. The van der Waals surface area contributed by atoms with Crippen molar-refractivity contribution < 1.29 is 0 Å². The number of rotatable bonds is 6.